The van der Waals surface area contributed by atoms with E-state index in [0.29, 0.717) is 10.7 Å². The molecule has 21 heavy (non-hydrogen) atoms. The molecule has 0 atom stereocenters. The highest BCUT2D eigenvalue weighted by Crippen LogP contribution is 2.23. The van der Waals surface area contributed by atoms with Gasteiger partial charge in [-0.3, -0.25) is 0 Å². The minimum atomic E-state index is -0.788. The van der Waals surface area contributed by atoms with Gasteiger partial charge in [0.25, 0.3) is 0 Å². The number of rotatable bonds is 4. The number of allylic oxidation sites excluding steroid dienone is 1. The van der Waals surface area contributed by atoms with Gasteiger partial charge in [-0.05, 0) is 44.5 Å². The van der Waals surface area contributed by atoms with Crippen molar-refractivity contribution in [3.05, 3.63) is 40.1 Å². The number of hydrogen-bond acceptors (Lipinski definition) is 5. The van der Waals surface area contributed by atoms with Gasteiger partial charge in [0.2, 0.25) is 0 Å². The van der Waals surface area contributed by atoms with Crippen molar-refractivity contribution in [3.8, 4) is 6.07 Å². The molecule has 5 nitrogen and oxygen atoms in total. The molecule has 110 valence electrons. The van der Waals surface area contributed by atoms with Crippen molar-refractivity contribution in [3.63, 3.8) is 0 Å². The van der Waals surface area contributed by atoms with E-state index in [4.69, 9.17) is 16.3 Å². The van der Waals surface area contributed by atoms with E-state index in [1.54, 1.807) is 32.0 Å². The lowest BCUT2D eigenvalue weighted by Gasteiger charge is -2.07. The predicted molar refractivity (Wildman–Crippen MR) is 80.9 cm³/mol. The molecule has 0 saturated carbocycles. The quantitative estimate of drug-likeness (QED) is 0.398. The van der Waals surface area contributed by atoms with Gasteiger partial charge >= 0.3 is 5.97 Å². The third kappa shape index (κ3) is 4.33. The Hall–Kier alpha value is -2.32. The smallest absolute Gasteiger partial charge is 0.344 e. The number of aliphatic hydroxyl groups is 1. The van der Waals surface area contributed by atoms with Crippen molar-refractivity contribution in [1.29, 1.82) is 5.26 Å². The second-order valence-electron chi connectivity index (χ2n) is 4.18. The Morgan fingerprint density at radius 2 is 2.19 bits per heavy atom. The van der Waals surface area contributed by atoms with E-state index in [-0.39, 0.29) is 23.7 Å². The molecule has 0 fully saturated rings. The van der Waals surface area contributed by atoms with E-state index in [1.165, 1.54) is 6.92 Å². The Balaban J connectivity index is 3.34. The van der Waals surface area contributed by atoms with Crippen LogP contribution in [0.5, 0.6) is 0 Å². The number of esters is 1. The molecule has 0 aliphatic carbocycles. The van der Waals surface area contributed by atoms with Crippen LogP contribution in [0.2, 0.25) is 5.02 Å². The Kier molecular flexibility index (Phi) is 5.94. The predicted octanol–water partition coefficient (Wildman–Crippen LogP) is 3.64. The Labute approximate surface area is 128 Å². The van der Waals surface area contributed by atoms with Gasteiger partial charge in [-0.25, -0.2) is 9.79 Å². The molecule has 0 aliphatic rings. The largest absolute Gasteiger partial charge is 0.512 e. The summed E-state index contributed by atoms with van der Waals surface area (Å²) in [6, 6.07) is 6.76. The third-order valence-electron chi connectivity index (χ3n) is 2.58. The summed E-state index contributed by atoms with van der Waals surface area (Å²) in [5.74, 6) is -1.11. The summed E-state index contributed by atoms with van der Waals surface area (Å²) >= 11 is 5.86. The fourth-order valence-electron chi connectivity index (χ4n) is 1.62. The third-order valence-corrected chi connectivity index (χ3v) is 2.81. The zero-order valence-electron chi connectivity index (χ0n) is 12.0. The standard InChI is InChI=1S/C15H15ClN2O3/c1-4-21-15(20)14(10(3)19)13(8-17)18-12-6-5-11(16)7-9(12)2/h5-7,19H,4H2,1-3H3/b14-10+,18-13?. The van der Waals surface area contributed by atoms with Crippen LogP contribution >= 0.6 is 11.6 Å². The normalized spacial score (nSPS) is 12.4. The zero-order valence-corrected chi connectivity index (χ0v) is 12.7. The molecule has 0 saturated heterocycles. The molecule has 0 spiro atoms. The van der Waals surface area contributed by atoms with Gasteiger partial charge in [0, 0.05) is 5.02 Å². The average molecular weight is 307 g/mol. The van der Waals surface area contributed by atoms with Gasteiger partial charge in [-0.15, -0.1) is 0 Å². The number of nitrogens with zero attached hydrogens (tertiary/aromatic N) is 2. The highest BCUT2D eigenvalue weighted by molar-refractivity contribution is 6.30. The number of carbonyl (C=O) groups is 1. The highest BCUT2D eigenvalue weighted by Gasteiger charge is 2.21. The fraction of sp³-hybridized carbons (Fsp3) is 0.267. The molecule has 0 bridgehead atoms. The lowest BCUT2D eigenvalue weighted by Crippen LogP contribution is -2.17. The summed E-state index contributed by atoms with van der Waals surface area (Å²) < 4.78 is 4.83. The summed E-state index contributed by atoms with van der Waals surface area (Å²) in [4.78, 5) is 15.9. The molecular formula is C15H15ClN2O3. The molecule has 0 aliphatic heterocycles. The SMILES string of the molecule is CCOC(=O)/C(C(C#N)=Nc1ccc(Cl)cc1C)=C(\C)O. The summed E-state index contributed by atoms with van der Waals surface area (Å²) in [5, 5.41) is 19.4. The maximum Gasteiger partial charge on any atom is 0.344 e. The number of hydrogen-bond donors (Lipinski definition) is 1. The molecule has 1 N–H and O–H groups in total. The van der Waals surface area contributed by atoms with Gasteiger partial charge in [0.05, 0.1) is 12.3 Å². The number of ether oxygens (including phenoxy) is 1. The van der Waals surface area contributed by atoms with Crippen LogP contribution in [-0.2, 0) is 9.53 Å². The van der Waals surface area contributed by atoms with Crippen molar-refractivity contribution in [2.75, 3.05) is 6.61 Å². The number of nitriles is 1. The van der Waals surface area contributed by atoms with Crippen LogP contribution in [0.3, 0.4) is 0 Å². The van der Waals surface area contributed by atoms with Crippen LogP contribution in [0.1, 0.15) is 19.4 Å². The lowest BCUT2D eigenvalue weighted by molar-refractivity contribution is -0.138. The van der Waals surface area contributed by atoms with E-state index in [1.807, 2.05) is 6.07 Å². The van der Waals surface area contributed by atoms with E-state index < -0.39 is 5.97 Å². The molecule has 0 unspecified atom stereocenters. The summed E-state index contributed by atoms with van der Waals surface area (Å²) in [7, 11) is 0. The Bertz CT molecular complexity index is 653. The fourth-order valence-corrected chi connectivity index (χ4v) is 1.85. The molecule has 0 amide bonds. The number of aliphatic imine (C=N–C) groups is 1. The van der Waals surface area contributed by atoms with Crippen molar-refractivity contribution >= 4 is 29.0 Å². The maximum atomic E-state index is 11.8. The number of benzene rings is 1. The minimum Gasteiger partial charge on any atom is -0.512 e. The monoisotopic (exact) mass is 306 g/mol. The first-order chi connectivity index (χ1) is 9.90. The molecule has 6 heteroatoms. The van der Waals surface area contributed by atoms with E-state index in [2.05, 4.69) is 4.99 Å². The van der Waals surface area contributed by atoms with E-state index in [0.717, 1.165) is 5.56 Å². The van der Waals surface area contributed by atoms with Crippen molar-refractivity contribution in [2.45, 2.75) is 20.8 Å². The van der Waals surface area contributed by atoms with Gasteiger partial charge in [-0.2, -0.15) is 5.26 Å². The molecule has 1 aromatic carbocycles. The maximum absolute atomic E-state index is 11.8. The molecule has 1 rings (SSSR count). The number of carbonyl (C=O) groups excluding carboxylic acids is 1. The van der Waals surface area contributed by atoms with Crippen LogP contribution in [0, 0.1) is 18.3 Å². The first kappa shape index (κ1) is 16.7. The average Bonchev–Trinajstić information content (AvgIpc) is 2.40. The summed E-state index contributed by atoms with van der Waals surface area (Å²) in [5.41, 5.74) is 0.778. The van der Waals surface area contributed by atoms with Crippen molar-refractivity contribution in [2.24, 2.45) is 4.99 Å². The molecule has 0 radical (unpaired) electrons. The van der Waals surface area contributed by atoms with Crippen LogP contribution in [0.4, 0.5) is 5.69 Å². The zero-order chi connectivity index (χ0) is 16.0. The Morgan fingerprint density at radius 1 is 1.52 bits per heavy atom. The second-order valence-corrected chi connectivity index (χ2v) is 4.62. The van der Waals surface area contributed by atoms with Crippen LogP contribution < -0.4 is 0 Å². The number of aryl methyl sites for hydroxylation is 1. The van der Waals surface area contributed by atoms with Crippen LogP contribution in [0.25, 0.3) is 0 Å². The summed E-state index contributed by atoms with van der Waals surface area (Å²) in [6.07, 6.45) is 0. The van der Waals surface area contributed by atoms with Crippen molar-refractivity contribution in [1.82, 2.24) is 0 Å². The van der Waals surface area contributed by atoms with Crippen molar-refractivity contribution < 1.29 is 14.6 Å². The molecule has 0 aromatic heterocycles. The highest BCUT2D eigenvalue weighted by atomic mass is 35.5. The first-order valence-electron chi connectivity index (χ1n) is 6.23. The Morgan fingerprint density at radius 3 is 2.67 bits per heavy atom. The van der Waals surface area contributed by atoms with E-state index in [9.17, 15) is 15.2 Å². The molecule has 0 heterocycles. The van der Waals surface area contributed by atoms with Crippen LogP contribution in [0.15, 0.2) is 34.5 Å². The lowest BCUT2D eigenvalue weighted by atomic mass is 10.1. The molecular weight excluding hydrogens is 292 g/mol. The number of halogens is 1. The first-order valence-corrected chi connectivity index (χ1v) is 6.60. The number of aliphatic hydroxyl groups excluding tert-OH is 1. The molecule has 1 aromatic rings. The minimum absolute atomic E-state index is 0.133. The van der Waals surface area contributed by atoms with E-state index >= 15 is 0 Å². The van der Waals surface area contributed by atoms with Gasteiger partial charge < -0.3 is 9.84 Å². The summed E-state index contributed by atoms with van der Waals surface area (Å²) in [6.45, 7) is 4.84. The van der Waals surface area contributed by atoms with Gasteiger partial charge in [0.15, 0.2) is 5.71 Å². The second kappa shape index (κ2) is 7.46. The topological polar surface area (TPSA) is 82.7 Å². The van der Waals surface area contributed by atoms with Gasteiger partial charge in [-0.1, -0.05) is 11.6 Å². The van der Waals surface area contributed by atoms with Crippen LogP contribution in [-0.4, -0.2) is 23.4 Å². The van der Waals surface area contributed by atoms with Gasteiger partial charge in [0.1, 0.15) is 17.4 Å².